The first-order chi connectivity index (χ1) is 9.88. The van der Waals surface area contributed by atoms with Crippen molar-refractivity contribution in [2.24, 2.45) is 0 Å². The van der Waals surface area contributed by atoms with E-state index in [4.69, 9.17) is 11.6 Å². The molecule has 0 amide bonds. The maximum absolute atomic E-state index is 11.6. The number of aromatic hydroxyl groups is 1. The molecule has 0 aromatic heterocycles. The van der Waals surface area contributed by atoms with Crippen LogP contribution in [0.3, 0.4) is 0 Å². The molecule has 0 spiro atoms. The van der Waals surface area contributed by atoms with Crippen LogP contribution in [0.1, 0.15) is 35.7 Å². The highest BCUT2D eigenvalue weighted by molar-refractivity contribution is 6.31. The Bertz CT molecular complexity index is 531. The molecule has 0 aliphatic carbocycles. The molecule has 1 unspecified atom stereocenters. The molecule has 1 aromatic rings. The van der Waals surface area contributed by atoms with Gasteiger partial charge in [-0.05, 0) is 52.5 Å². The van der Waals surface area contributed by atoms with Gasteiger partial charge in [0.1, 0.15) is 5.75 Å². The third kappa shape index (κ3) is 3.96. The maximum Gasteiger partial charge on any atom is 0.163 e. The molecule has 1 aliphatic heterocycles. The van der Waals surface area contributed by atoms with Crippen LogP contribution in [0.25, 0.3) is 0 Å². The predicted molar refractivity (Wildman–Crippen MR) is 85.1 cm³/mol. The molecule has 2 rings (SSSR count). The summed E-state index contributed by atoms with van der Waals surface area (Å²) < 4.78 is 0. The SMILES string of the molecule is CC(=O)c1cc(Cl)cc(CN2CCCC2CN(C)C)c1O. The Morgan fingerprint density at radius 3 is 2.81 bits per heavy atom. The monoisotopic (exact) mass is 310 g/mol. The number of ketones is 1. The zero-order valence-corrected chi connectivity index (χ0v) is 13.7. The van der Waals surface area contributed by atoms with E-state index in [9.17, 15) is 9.90 Å². The Kier molecular flexibility index (Phi) is 5.25. The quantitative estimate of drug-likeness (QED) is 0.849. The summed E-state index contributed by atoms with van der Waals surface area (Å²) in [5.41, 5.74) is 1.04. The van der Waals surface area contributed by atoms with E-state index in [-0.39, 0.29) is 11.5 Å². The van der Waals surface area contributed by atoms with E-state index in [1.54, 1.807) is 6.07 Å². The molecule has 21 heavy (non-hydrogen) atoms. The Morgan fingerprint density at radius 1 is 1.48 bits per heavy atom. The van der Waals surface area contributed by atoms with Crippen molar-refractivity contribution in [3.8, 4) is 5.75 Å². The lowest BCUT2D eigenvalue weighted by Crippen LogP contribution is -2.37. The number of phenolic OH excluding ortho intramolecular Hbond substituents is 1. The highest BCUT2D eigenvalue weighted by Gasteiger charge is 2.26. The van der Waals surface area contributed by atoms with Gasteiger partial charge in [0.15, 0.2) is 5.78 Å². The number of carbonyl (C=O) groups excluding carboxylic acids is 1. The van der Waals surface area contributed by atoms with Crippen molar-refractivity contribution in [1.29, 1.82) is 0 Å². The molecule has 116 valence electrons. The number of likely N-dealkylation sites (tertiary alicyclic amines) is 1. The third-order valence-corrected chi connectivity index (χ3v) is 4.20. The first-order valence-corrected chi connectivity index (χ1v) is 7.67. The van der Waals surface area contributed by atoms with Gasteiger partial charge in [-0.2, -0.15) is 0 Å². The van der Waals surface area contributed by atoms with Gasteiger partial charge >= 0.3 is 0 Å². The van der Waals surface area contributed by atoms with Crippen molar-refractivity contribution in [3.05, 3.63) is 28.3 Å². The van der Waals surface area contributed by atoms with Gasteiger partial charge in [-0.15, -0.1) is 0 Å². The largest absolute Gasteiger partial charge is 0.507 e. The van der Waals surface area contributed by atoms with Crippen LogP contribution >= 0.6 is 11.6 Å². The summed E-state index contributed by atoms with van der Waals surface area (Å²) in [5, 5.41) is 10.8. The molecule has 1 heterocycles. The molecule has 0 radical (unpaired) electrons. The molecule has 4 nitrogen and oxygen atoms in total. The Balaban J connectivity index is 2.21. The summed E-state index contributed by atoms with van der Waals surface area (Å²) in [6, 6.07) is 3.78. The highest BCUT2D eigenvalue weighted by Crippen LogP contribution is 2.30. The van der Waals surface area contributed by atoms with Crippen LogP contribution < -0.4 is 0 Å². The Hall–Kier alpha value is -1.10. The molecule has 1 fully saturated rings. The number of rotatable bonds is 5. The lowest BCUT2D eigenvalue weighted by atomic mass is 10.0. The number of halogens is 1. The second-order valence-corrected chi connectivity index (χ2v) is 6.48. The minimum absolute atomic E-state index is 0.0717. The third-order valence-electron chi connectivity index (χ3n) is 3.98. The fraction of sp³-hybridized carbons (Fsp3) is 0.562. The molecule has 0 saturated carbocycles. The highest BCUT2D eigenvalue weighted by atomic mass is 35.5. The molecule has 5 heteroatoms. The molecule has 0 bridgehead atoms. The standard InChI is InChI=1S/C16H23ClN2O2/c1-11(20)15-8-13(17)7-12(16(15)21)9-19-6-4-5-14(19)10-18(2)3/h7-8,14,21H,4-6,9-10H2,1-3H3. The molecule has 1 aliphatic rings. The summed E-state index contributed by atoms with van der Waals surface area (Å²) >= 11 is 6.08. The van der Waals surface area contributed by atoms with Crippen molar-refractivity contribution >= 4 is 17.4 Å². The van der Waals surface area contributed by atoms with Crippen molar-refractivity contribution < 1.29 is 9.90 Å². The summed E-state index contributed by atoms with van der Waals surface area (Å²) in [5.74, 6) is -0.0927. The van der Waals surface area contributed by atoms with Gasteiger partial charge in [-0.3, -0.25) is 9.69 Å². The average Bonchev–Trinajstić information content (AvgIpc) is 2.79. The summed E-state index contributed by atoms with van der Waals surface area (Å²) in [4.78, 5) is 16.1. The predicted octanol–water partition coefficient (Wildman–Crippen LogP) is 2.77. The van der Waals surface area contributed by atoms with Gasteiger partial charge in [-0.25, -0.2) is 0 Å². The van der Waals surface area contributed by atoms with Crippen molar-refractivity contribution in [2.45, 2.75) is 32.4 Å². The molecular formula is C16H23ClN2O2. The van der Waals surface area contributed by atoms with E-state index in [1.807, 2.05) is 0 Å². The number of hydrogen-bond acceptors (Lipinski definition) is 4. The number of nitrogens with zero attached hydrogens (tertiary/aromatic N) is 2. The minimum atomic E-state index is -0.164. The van der Waals surface area contributed by atoms with Crippen LogP contribution in [-0.4, -0.2) is 53.9 Å². The van der Waals surface area contributed by atoms with Gasteiger partial charge in [0.25, 0.3) is 0 Å². The Morgan fingerprint density at radius 2 is 2.19 bits per heavy atom. The summed E-state index contributed by atoms with van der Waals surface area (Å²) in [6.07, 6.45) is 2.33. The minimum Gasteiger partial charge on any atom is -0.507 e. The Labute approximate surface area is 131 Å². The summed E-state index contributed by atoms with van der Waals surface area (Å²) in [7, 11) is 4.14. The zero-order chi connectivity index (χ0) is 15.6. The molecule has 1 saturated heterocycles. The van der Waals surface area contributed by atoms with Gasteiger partial charge in [-0.1, -0.05) is 11.6 Å². The fourth-order valence-electron chi connectivity index (χ4n) is 2.99. The van der Waals surface area contributed by atoms with E-state index in [1.165, 1.54) is 25.8 Å². The first kappa shape index (κ1) is 16.3. The number of phenols is 1. The van der Waals surface area contributed by atoms with Crippen LogP contribution in [0.2, 0.25) is 5.02 Å². The smallest absolute Gasteiger partial charge is 0.163 e. The molecular weight excluding hydrogens is 288 g/mol. The first-order valence-electron chi connectivity index (χ1n) is 7.29. The van der Waals surface area contributed by atoms with E-state index in [0.29, 0.717) is 23.2 Å². The molecule has 1 aromatic carbocycles. The number of benzene rings is 1. The van der Waals surface area contributed by atoms with E-state index < -0.39 is 0 Å². The average molecular weight is 311 g/mol. The zero-order valence-electron chi connectivity index (χ0n) is 12.9. The van der Waals surface area contributed by atoms with Crippen molar-refractivity contribution in [3.63, 3.8) is 0 Å². The van der Waals surface area contributed by atoms with E-state index >= 15 is 0 Å². The number of Topliss-reactive ketones (excluding diaryl/α,β-unsaturated/α-hetero) is 1. The normalized spacial score (nSPS) is 19.4. The van der Waals surface area contributed by atoms with Crippen LogP contribution in [0.4, 0.5) is 0 Å². The lowest BCUT2D eigenvalue weighted by molar-refractivity contribution is 0.101. The second kappa shape index (κ2) is 6.77. The topological polar surface area (TPSA) is 43.8 Å². The van der Waals surface area contributed by atoms with Gasteiger partial charge < -0.3 is 10.0 Å². The number of carbonyl (C=O) groups is 1. The van der Waals surface area contributed by atoms with Crippen LogP contribution in [0, 0.1) is 0 Å². The van der Waals surface area contributed by atoms with Gasteiger partial charge in [0.05, 0.1) is 5.56 Å². The van der Waals surface area contributed by atoms with Gasteiger partial charge in [0, 0.05) is 29.7 Å². The van der Waals surface area contributed by atoms with E-state index in [2.05, 4.69) is 23.9 Å². The lowest BCUT2D eigenvalue weighted by Gasteiger charge is -2.27. The van der Waals surface area contributed by atoms with Crippen molar-refractivity contribution in [2.75, 3.05) is 27.2 Å². The molecule has 1 atom stereocenters. The van der Waals surface area contributed by atoms with Crippen LogP contribution in [0.15, 0.2) is 12.1 Å². The summed E-state index contributed by atoms with van der Waals surface area (Å²) in [6.45, 7) is 4.09. The van der Waals surface area contributed by atoms with Gasteiger partial charge in [0.2, 0.25) is 0 Å². The molecule has 1 N–H and O–H groups in total. The number of likely N-dealkylation sites (N-methyl/N-ethyl adjacent to an activating group) is 1. The van der Waals surface area contributed by atoms with Crippen molar-refractivity contribution in [1.82, 2.24) is 9.80 Å². The maximum atomic E-state index is 11.6. The second-order valence-electron chi connectivity index (χ2n) is 6.05. The van der Waals surface area contributed by atoms with Crippen LogP contribution in [-0.2, 0) is 6.54 Å². The van der Waals surface area contributed by atoms with Crippen LogP contribution in [0.5, 0.6) is 5.75 Å². The fourth-order valence-corrected chi connectivity index (χ4v) is 3.24. The number of hydrogen-bond donors (Lipinski definition) is 1. The van der Waals surface area contributed by atoms with E-state index in [0.717, 1.165) is 18.7 Å².